The van der Waals surface area contributed by atoms with E-state index in [1.54, 1.807) is 11.7 Å². The van der Waals surface area contributed by atoms with Crippen LogP contribution in [0.4, 0.5) is 11.5 Å². The molecule has 64 valence electrons. The maximum Gasteiger partial charge on any atom is 0.148 e. The Hall–Kier alpha value is -1.78. The molecule has 0 fully saturated rings. The SMILES string of the molecule is CNn1c(N)c(N)c2cc[nH]c21. The summed E-state index contributed by atoms with van der Waals surface area (Å²) in [5, 5.41) is 0.946. The van der Waals surface area contributed by atoms with Crippen molar-refractivity contribution in [3.63, 3.8) is 0 Å². The molecule has 0 aliphatic rings. The molecule has 0 unspecified atom stereocenters. The quantitative estimate of drug-likeness (QED) is 0.490. The molecule has 0 amide bonds. The highest BCUT2D eigenvalue weighted by Gasteiger charge is 2.11. The summed E-state index contributed by atoms with van der Waals surface area (Å²) in [5.41, 5.74) is 15.9. The number of H-pyrrole nitrogens is 1. The molecular formula is C7H11N5. The highest BCUT2D eigenvalue weighted by atomic mass is 15.4. The Morgan fingerprint density at radius 3 is 2.92 bits per heavy atom. The van der Waals surface area contributed by atoms with Crippen molar-refractivity contribution in [3.8, 4) is 0 Å². The zero-order chi connectivity index (χ0) is 8.72. The summed E-state index contributed by atoms with van der Waals surface area (Å²) in [5.74, 6) is 0.541. The van der Waals surface area contributed by atoms with Crippen LogP contribution in [0.3, 0.4) is 0 Å². The van der Waals surface area contributed by atoms with Gasteiger partial charge >= 0.3 is 0 Å². The van der Waals surface area contributed by atoms with E-state index in [1.807, 2.05) is 12.3 Å². The number of nitrogen functional groups attached to an aromatic ring is 2. The van der Waals surface area contributed by atoms with Crippen LogP contribution in [-0.2, 0) is 0 Å². The van der Waals surface area contributed by atoms with Gasteiger partial charge in [-0.2, -0.15) is 0 Å². The van der Waals surface area contributed by atoms with Gasteiger partial charge in [-0.15, -0.1) is 0 Å². The minimum absolute atomic E-state index is 0.541. The molecule has 2 heterocycles. The standard InChI is InChI=1S/C7H11N5/c1-10-12-6(9)5(8)4-2-3-11-7(4)12/h2-3,10-11H,8-9H2,1H3. The van der Waals surface area contributed by atoms with Crippen LogP contribution < -0.4 is 16.9 Å². The van der Waals surface area contributed by atoms with Gasteiger partial charge in [0.25, 0.3) is 0 Å². The Morgan fingerprint density at radius 2 is 2.25 bits per heavy atom. The fraction of sp³-hybridized carbons (Fsp3) is 0.143. The summed E-state index contributed by atoms with van der Waals surface area (Å²) >= 11 is 0. The first-order chi connectivity index (χ1) is 5.75. The third-order valence-corrected chi connectivity index (χ3v) is 1.98. The monoisotopic (exact) mass is 165 g/mol. The summed E-state index contributed by atoms with van der Waals surface area (Å²) in [4.78, 5) is 3.04. The van der Waals surface area contributed by atoms with Crippen LogP contribution in [0.25, 0.3) is 11.0 Å². The number of rotatable bonds is 1. The number of aromatic nitrogens is 2. The van der Waals surface area contributed by atoms with Gasteiger partial charge in [0.1, 0.15) is 11.5 Å². The maximum absolute atomic E-state index is 5.75. The lowest BCUT2D eigenvalue weighted by atomic mass is 10.3. The van der Waals surface area contributed by atoms with E-state index >= 15 is 0 Å². The van der Waals surface area contributed by atoms with E-state index in [-0.39, 0.29) is 0 Å². The van der Waals surface area contributed by atoms with Crippen molar-refractivity contribution in [2.75, 3.05) is 23.9 Å². The summed E-state index contributed by atoms with van der Waals surface area (Å²) in [6.45, 7) is 0. The minimum Gasteiger partial charge on any atom is -0.395 e. The summed E-state index contributed by atoms with van der Waals surface area (Å²) in [6.07, 6.45) is 1.83. The minimum atomic E-state index is 0.541. The number of hydrogen-bond acceptors (Lipinski definition) is 3. The van der Waals surface area contributed by atoms with Crippen molar-refractivity contribution < 1.29 is 0 Å². The molecule has 0 saturated carbocycles. The molecule has 2 aromatic heterocycles. The van der Waals surface area contributed by atoms with Crippen LogP contribution in [0.1, 0.15) is 0 Å². The van der Waals surface area contributed by atoms with Gasteiger partial charge in [0.15, 0.2) is 0 Å². The molecule has 0 aliphatic heterocycles. The Labute approximate surface area is 69.3 Å². The molecule has 5 heteroatoms. The van der Waals surface area contributed by atoms with Gasteiger partial charge in [-0.1, -0.05) is 0 Å². The fourth-order valence-electron chi connectivity index (χ4n) is 1.37. The van der Waals surface area contributed by atoms with Crippen LogP contribution in [0.15, 0.2) is 12.3 Å². The van der Waals surface area contributed by atoms with Crippen molar-refractivity contribution in [3.05, 3.63) is 12.3 Å². The Kier molecular flexibility index (Phi) is 1.21. The molecular weight excluding hydrogens is 154 g/mol. The molecule has 0 spiro atoms. The highest BCUT2D eigenvalue weighted by molar-refractivity contribution is 5.97. The van der Waals surface area contributed by atoms with Gasteiger partial charge in [0.2, 0.25) is 0 Å². The van der Waals surface area contributed by atoms with Crippen molar-refractivity contribution in [1.82, 2.24) is 9.66 Å². The number of anilines is 2. The first-order valence-corrected chi connectivity index (χ1v) is 3.66. The van der Waals surface area contributed by atoms with Crippen molar-refractivity contribution >= 4 is 22.5 Å². The van der Waals surface area contributed by atoms with E-state index in [0.717, 1.165) is 11.0 Å². The number of aromatic amines is 1. The second-order valence-electron chi connectivity index (χ2n) is 2.60. The lowest BCUT2D eigenvalue weighted by Crippen LogP contribution is -2.12. The van der Waals surface area contributed by atoms with Crippen LogP contribution in [0.5, 0.6) is 0 Å². The van der Waals surface area contributed by atoms with Gasteiger partial charge in [-0.3, -0.25) is 0 Å². The van der Waals surface area contributed by atoms with E-state index in [2.05, 4.69) is 10.4 Å². The molecule has 0 aliphatic carbocycles. The topological polar surface area (TPSA) is 84.8 Å². The number of nitrogens with two attached hydrogens (primary N) is 2. The first-order valence-electron chi connectivity index (χ1n) is 3.66. The molecule has 2 aromatic rings. The fourth-order valence-corrected chi connectivity index (χ4v) is 1.37. The molecule has 2 rings (SSSR count). The lowest BCUT2D eigenvalue weighted by molar-refractivity contribution is 0.972. The second kappa shape index (κ2) is 2.10. The zero-order valence-corrected chi connectivity index (χ0v) is 6.76. The molecule has 6 N–H and O–H groups in total. The van der Waals surface area contributed by atoms with Gasteiger partial charge in [0, 0.05) is 18.6 Å². The predicted octanol–water partition coefficient (Wildman–Crippen LogP) is 0.307. The molecule has 0 aromatic carbocycles. The summed E-state index contributed by atoms with van der Waals surface area (Å²) in [7, 11) is 1.79. The average Bonchev–Trinajstić information content (AvgIpc) is 2.59. The Morgan fingerprint density at radius 1 is 1.50 bits per heavy atom. The highest BCUT2D eigenvalue weighted by Crippen LogP contribution is 2.27. The molecule has 0 atom stereocenters. The van der Waals surface area contributed by atoms with Gasteiger partial charge < -0.3 is 21.9 Å². The molecule has 5 nitrogen and oxygen atoms in total. The number of hydrogen-bond donors (Lipinski definition) is 4. The lowest BCUT2D eigenvalue weighted by Gasteiger charge is -2.03. The van der Waals surface area contributed by atoms with E-state index in [4.69, 9.17) is 11.5 Å². The maximum atomic E-state index is 5.75. The van der Waals surface area contributed by atoms with Crippen molar-refractivity contribution in [1.29, 1.82) is 0 Å². The number of nitrogens with zero attached hydrogens (tertiary/aromatic N) is 1. The van der Waals surface area contributed by atoms with Crippen LogP contribution in [-0.4, -0.2) is 16.7 Å². The summed E-state index contributed by atoms with van der Waals surface area (Å²) in [6, 6.07) is 1.90. The molecule has 12 heavy (non-hydrogen) atoms. The van der Waals surface area contributed by atoms with Crippen LogP contribution >= 0.6 is 0 Å². The second-order valence-corrected chi connectivity index (χ2v) is 2.60. The normalized spacial score (nSPS) is 10.8. The van der Waals surface area contributed by atoms with E-state index in [1.165, 1.54) is 0 Å². The van der Waals surface area contributed by atoms with Gasteiger partial charge in [-0.25, -0.2) is 4.68 Å². The molecule has 0 saturated heterocycles. The van der Waals surface area contributed by atoms with Crippen molar-refractivity contribution in [2.45, 2.75) is 0 Å². The molecule has 0 radical (unpaired) electrons. The van der Waals surface area contributed by atoms with E-state index < -0.39 is 0 Å². The number of fused-ring (bicyclic) bond motifs is 1. The van der Waals surface area contributed by atoms with Gasteiger partial charge in [0.05, 0.1) is 5.69 Å². The largest absolute Gasteiger partial charge is 0.395 e. The predicted molar refractivity (Wildman–Crippen MR) is 50.4 cm³/mol. The third-order valence-electron chi connectivity index (χ3n) is 1.98. The van der Waals surface area contributed by atoms with Crippen molar-refractivity contribution in [2.24, 2.45) is 0 Å². The average molecular weight is 165 g/mol. The smallest absolute Gasteiger partial charge is 0.148 e. The van der Waals surface area contributed by atoms with E-state index in [9.17, 15) is 0 Å². The first kappa shape index (κ1) is 6.90. The van der Waals surface area contributed by atoms with E-state index in [0.29, 0.717) is 11.5 Å². The Bertz CT molecular complexity index is 411. The molecule has 0 bridgehead atoms. The van der Waals surface area contributed by atoms with Crippen LogP contribution in [0.2, 0.25) is 0 Å². The zero-order valence-electron chi connectivity index (χ0n) is 6.76. The summed E-state index contributed by atoms with van der Waals surface area (Å²) < 4.78 is 1.71. The third kappa shape index (κ3) is 0.623. The van der Waals surface area contributed by atoms with Crippen LogP contribution in [0, 0.1) is 0 Å². The number of nitrogens with one attached hydrogen (secondary N) is 2. The van der Waals surface area contributed by atoms with Gasteiger partial charge in [-0.05, 0) is 6.07 Å². The Balaban J connectivity index is 2.88.